The number of aromatic nitrogens is 4. The quantitative estimate of drug-likeness (QED) is 0.527. The second-order valence-corrected chi connectivity index (χ2v) is 9.88. The standard InChI is InChI=1S/C24H27F2N9O2/c25-16-10-29-9-15(19-17(26)12-35-23(30-19)18(22(28)36)21(27)31-35)20(16)33-5-1-13(2-6-33)24(37)34-8-7-32-4-3-14(34)11-32/h9-10,12-14H,1-8,11H2,(H2,27,31)(H2,28,36)/t14-/m0/s1. The van der Waals surface area contributed by atoms with Crippen LogP contribution in [-0.2, 0) is 4.79 Å². The van der Waals surface area contributed by atoms with Gasteiger partial charge in [-0.2, -0.15) is 0 Å². The molecule has 0 spiro atoms. The van der Waals surface area contributed by atoms with Crippen molar-refractivity contribution in [3.8, 4) is 11.3 Å². The summed E-state index contributed by atoms with van der Waals surface area (Å²) in [6.45, 7) is 4.50. The highest BCUT2D eigenvalue weighted by Gasteiger charge is 2.39. The number of fused-ring (bicyclic) bond motifs is 3. The van der Waals surface area contributed by atoms with Crippen molar-refractivity contribution >= 4 is 29.0 Å². The van der Waals surface area contributed by atoms with Crippen LogP contribution >= 0.6 is 0 Å². The van der Waals surface area contributed by atoms with E-state index < -0.39 is 17.5 Å². The molecule has 3 aliphatic heterocycles. The van der Waals surface area contributed by atoms with E-state index in [2.05, 4.69) is 20.0 Å². The second-order valence-electron chi connectivity index (χ2n) is 9.88. The molecule has 194 valence electrons. The molecule has 3 aromatic heterocycles. The van der Waals surface area contributed by atoms with Crippen molar-refractivity contribution < 1.29 is 18.4 Å². The van der Waals surface area contributed by atoms with Crippen LogP contribution in [0.1, 0.15) is 29.6 Å². The highest BCUT2D eigenvalue weighted by Crippen LogP contribution is 2.36. The maximum absolute atomic E-state index is 15.2. The zero-order valence-corrected chi connectivity index (χ0v) is 20.1. The average molecular weight is 512 g/mol. The average Bonchev–Trinajstić information content (AvgIpc) is 3.41. The number of anilines is 2. The van der Waals surface area contributed by atoms with E-state index in [1.807, 2.05) is 4.90 Å². The predicted molar refractivity (Wildman–Crippen MR) is 131 cm³/mol. The Morgan fingerprint density at radius 2 is 1.78 bits per heavy atom. The topological polar surface area (TPSA) is 139 Å². The van der Waals surface area contributed by atoms with Crippen molar-refractivity contribution in [1.29, 1.82) is 0 Å². The molecule has 6 heterocycles. The van der Waals surface area contributed by atoms with E-state index >= 15 is 8.78 Å². The Balaban J connectivity index is 1.28. The van der Waals surface area contributed by atoms with E-state index in [0.717, 1.165) is 49.5 Å². The smallest absolute Gasteiger partial charge is 0.256 e. The lowest BCUT2D eigenvalue weighted by atomic mass is 9.93. The van der Waals surface area contributed by atoms with Crippen molar-refractivity contribution in [2.75, 3.05) is 49.9 Å². The SMILES string of the molecule is NC(=O)c1c(N)nn2cc(F)c(-c3cncc(F)c3N3CCC(C(=O)N4CCN5CC[C@H]4C5)CC3)nc12. The number of nitrogens with two attached hydrogens (primary N) is 2. The van der Waals surface area contributed by atoms with Gasteiger partial charge in [-0.05, 0) is 19.3 Å². The van der Waals surface area contributed by atoms with Crippen LogP contribution in [0.25, 0.3) is 16.9 Å². The number of rotatable bonds is 4. The summed E-state index contributed by atoms with van der Waals surface area (Å²) < 4.78 is 31.4. The van der Waals surface area contributed by atoms with Crippen LogP contribution in [0.15, 0.2) is 18.6 Å². The maximum Gasteiger partial charge on any atom is 0.256 e. The summed E-state index contributed by atoms with van der Waals surface area (Å²) in [5, 5.41) is 3.89. The number of hydrogen-bond acceptors (Lipinski definition) is 8. The van der Waals surface area contributed by atoms with Crippen LogP contribution < -0.4 is 16.4 Å². The van der Waals surface area contributed by atoms with E-state index in [-0.39, 0.29) is 51.8 Å². The van der Waals surface area contributed by atoms with Gasteiger partial charge < -0.3 is 21.3 Å². The molecule has 2 bridgehead atoms. The van der Waals surface area contributed by atoms with E-state index in [9.17, 15) is 9.59 Å². The van der Waals surface area contributed by atoms with Gasteiger partial charge in [0.2, 0.25) is 5.91 Å². The van der Waals surface area contributed by atoms with Crippen LogP contribution in [-0.4, -0.2) is 86.5 Å². The highest BCUT2D eigenvalue weighted by molar-refractivity contribution is 6.03. The fourth-order valence-corrected chi connectivity index (χ4v) is 5.89. The largest absolute Gasteiger partial charge is 0.381 e. The zero-order chi connectivity index (χ0) is 25.8. The maximum atomic E-state index is 15.2. The Kier molecular flexibility index (Phi) is 5.66. The number of piperidine rings is 1. The van der Waals surface area contributed by atoms with E-state index in [1.54, 1.807) is 4.90 Å². The van der Waals surface area contributed by atoms with Gasteiger partial charge in [-0.1, -0.05) is 0 Å². The summed E-state index contributed by atoms with van der Waals surface area (Å²) in [5.74, 6) is -2.41. The first-order valence-electron chi connectivity index (χ1n) is 12.4. The number of carbonyl (C=O) groups is 2. The van der Waals surface area contributed by atoms with Crippen LogP contribution in [0, 0.1) is 17.6 Å². The van der Waals surface area contributed by atoms with E-state index in [1.165, 1.54) is 6.20 Å². The minimum absolute atomic E-state index is 0.0343. The summed E-state index contributed by atoms with van der Waals surface area (Å²) in [7, 11) is 0. The second kappa shape index (κ2) is 8.91. The lowest BCUT2D eigenvalue weighted by Gasteiger charge is -2.39. The minimum Gasteiger partial charge on any atom is -0.381 e. The summed E-state index contributed by atoms with van der Waals surface area (Å²) in [6.07, 6.45) is 5.56. The van der Waals surface area contributed by atoms with Gasteiger partial charge in [0.25, 0.3) is 5.91 Å². The van der Waals surface area contributed by atoms with Crippen molar-refractivity contribution in [3.63, 3.8) is 0 Å². The first-order valence-corrected chi connectivity index (χ1v) is 12.4. The summed E-state index contributed by atoms with van der Waals surface area (Å²) >= 11 is 0. The molecule has 3 saturated heterocycles. The van der Waals surface area contributed by atoms with Crippen LogP contribution in [0.2, 0.25) is 0 Å². The van der Waals surface area contributed by atoms with Gasteiger partial charge in [0, 0.05) is 63.0 Å². The molecular formula is C24H27F2N9O2. The Bertz CT molecular complexity index is 1400. The molecular weight excluding hydrogens is 484 g/mol. The first-order chi connectivity index (χ1) is 17.8. The number of nitrogen functional groups attached to an aromatic ring is 1. The number of primary amides is 1. The van der Waals surface area contributed by atoms with Gasteiger partial charge in [-0.25, -0.2) is 18.3 Å². The lowest BCUT2D eigenvalue weighted by Crippen LogP contribution is -2.52. The number of nitrogens with zero attached hydrogens (tertiary/aromatic N) is 7. The van der Waals surface area contributed by atoms with Crippen molar-refractivity contribution in [3.05, 3.63) is 35.8 Å². The van der Waals surface area contributed by atoms with E-state index in [0.29, 0.717) is 25.9 Å². The minimum atomic E-state index is -0.860. The normalized spacial score (nSPS) is 22.1. The molecule has 2 atom stereocenters. The monoisotopic (exact) mass is 511 g/mol. The third-order valence-corrected chi connectivity index (χ3v) is 7.76. The van der Waals surface area contributed by atoms with Crippen molar-refractivity contribution in [2.45, 2.75) is 25.3 Å². The summed E-state index contributed by atoms with van der Waals surface area (Å²) in [4.78, 5) is 39.6. The Labute approximate surface area is 211 Å². The number of piperazine rings is 1. The van der Waals surface area contributed by atoms with Gasteiger partial charge in [0.1, 0.15) is 11.3 Å². The van der Waals surface area contributed by atoms with Crippen LogP contribution in [0.5, 0.6) is 0 Å². The fraction of sp³-hybridized carbons (Fsp3) is 0.458. The van der Waals surface area contributed by atoms with Crippen molar-refractivity contribution in [2.24, 2.45) is 11.7 Å². The fourth-order valence-electron chi connectivity index (χ4n) is 5.89. The molecule has 0 aromatic carbocycles. The molecule has 4 N–H and O–H groups in total. The highest BCUT2D eigenvalue weighted by atomic mass is 19.1. The molecule has 11 nitrogen and oxygen atoms in total. The van der Waals surface area contributed by atoms with Gasteiger partial charge in [-0.15, -0.1) is 5.10 Å². The third-order valence-electron chi connectivity index (χ3n) is 7.76. The third kappa shape index (κ3) is 3.93. The molecule has 0 radical (unpaired) electrons. The first kappa shape index (κ1) is 23.5. The zero-order valence-electron chi connectivity index (χ0n) is 20.1. The molecule has 3 fully saturated rings. The molecule has 1 unspecified atom stereocenters. The molecule has 37 heavy (non-hydrogen) atoms. The Morgan fingerprint density at radius 3 is 2.54 bits per heavy atom. The summed E-state index contributed by atoms with van der Waals surface area (Å²) in [5.41, 5.74) is 11.1. The number of hydrogen-bond donors (Lipinski definition) is 2. The molecule has 3 aliphatic rings. The van der Waals surface area contributed by atoms with E-state index in [4.69, 9.17) is 11.5 Å². The molecule has 3 aromatic rings. The number of carbonyl (C=O) groups excluding carboxylic acids is 2. The summed E-state index contributed by atoms with van der Waals surface area (Å²) in [6, 6.07) is 0.287. The predicted octanol–water partition coefficient (Wildman–Crippen LogP) is 0.883. The lowest BCUT2D eigenvalue weighted by molar-refractivity contribution is -0.139. The molecule has 0 saturated carbocycles. The Hall–Kier alpha value is -3.87. The number of halogens is 2. The number of pyridine rings is 1. The van der Waals surface area contributed by atoms with Gasteiger partial charge in [-0.3, -0.25) is 19.5 Å². The molecule has 13 heteroatoms. The van der Waals surface area contributed by atoms with Crippen LogP contribution in [0.4, 0.5) is 20.3 Å². The van der Waals surface area contributed by atoms with Gasteiger partial charge in [0.05, 0.1) is 18.1 Å². The number of amides is 2. The van der Waals surface area contributed by atoms with Gasteiger partial charge in [0.15, 0.2) is 23.1 Å². The molecule has 0 aliphatic carbocycles. The Morgan fingerprint density at radius 1 is 1.00 bits per heavy atom. The molecule has 6 rings (SSSR count). The van der Waals surface area contributed by atoms with Gasteiger partial charge >= 0.3 is 0 Å². The van der Waals surface area contributed by atoms with Crippen LogP contribution in [0.3, 0.4) is 0 Å². The molecule has 2 amide bonds. The van der Waals surface area contributed by atoms with Crippen molar-refractivity contribution in [1.82, 2.24) is 29.4 Å².